The van der Waals surface area contributed by atoms with Crippen molar-refractivity contribution in [2.45, 2.75) is 19.3 Å². The number of hydrogen-bond acceptors (Lipinski definition) is 7. The van der Waals surface area contributed by atoms with Gasteiger partial charge in [-0.05, 0) is 284 Å². The monoisotopic (exact) mass is 1840 g/mol. The molecule has 144 heavy (non-hydrogen) atoms. The summed E-state index contributed by atoms with van der Waals surface area (Å²) in [6, 6.07) is 181. The smallest absolute Gasteiger partial charge is 0.136 e. The largest absolute Gasteiger partial charge is 0.456 e. The van der Waals surface area contributed by atoms with E-state index in [4.69, 9.17) is 17.7 Å². The summed E-state index contributed by atoms with van der Waals surface area (Å²) in [6.07, 6.45) is 0. The maximum absolute atomic E-state index is 6.55. The number of rotatable bonds is 12. The Hall–Kier alpha value is -18.8. The molecular formula is C137H89N3O4. The lowest BCUT2D eigenvalue weighted by atomic mass is 9.82. The quantitative estimate of drug-likeness (QED) is 0.113. The summed E-state index contributed by atoms with van der Waals surface area (Å²) in [4.78, 5) is 7.09. The van der Waals surface area contributed by atoms with Crippen LogP contribution in [0.5, 0.6) is 0 Å². The van der Waals surface area contributed by atoms with Crippen LogP contribution in [0.1, 0.15) is 25.0 Å². The molecule has 0 saturated heterocycles. The van der Waals surface area contributed by atoms with Gasteiger partial charge in [0.2, 0.25) is 0 Å². The molecule has 25 aromatic carbocycles. The summed E-state index contributed by atoms with van der Waals surface area (Å²) in [7, 11) is 0. The third kappa shape index (κ3) is 13.9. The molecule has 0 aliphatic heterocycles. The normalized spacial score (nSPS) is 12.3. The Bertz CT molecular complexity index is 10200. The van der Waals surface area contributed by atoms with Crippen LogP contribution in [-0.2, 0) is 5.41 Å². The number of furan rings is 4. The van der Waals surface area contributed by atoms with Crippen molar-refractivity contribution in [3.05, 3.63) is 515 Å². The zero-order chi connectivity index (χ0) is 95.2. The molecule has 0 bridgehead atoms. The van der Waals surface area contributed by atoms with Gasteiger partial charge in [-0.3, -0.25) is 0 Å². The number of benzene rings is 25. The van der Waals surface area contributed by atoms with Crippen LogP contribution in [0.4, 0.5) is 51.2 Å². The highest BCUT2D eigenvalue weighted by atomic mass is 16.3. The lowest BCUT2D eigenvalue weighted by molar-refractivity contribution is 0.660. The predicted molar refractivity (Wildman–Crippen MR) is 606 cm³/mol. The van der Waals surface area contributed by atoms with Crippen LogP contribution in [0.2, 0.25) is 0 Å². The number of fused-ring (bicyclic) bond motifs is 30. The van der Waals surface area contributed by atoms with Crippen LogP contribution < -0.4 is 14.7 Å². The minimum absolute atomic E-state index is 0.0678. The molecule has 1 aliphatic rings. The Morgan fingerprint density at radius 2 is 0.472 bits per heavy atom. The average molecular weight is 1840 g/mol. The molecule has 0 N–H and O–H groups in total. The first-order chi connectivity index (χ1) is 71.1. The molecule has 7 heteroatoms. The fourth-order valence-electron chi connectivity index (χ4n) is 23.0. The molecule has 7 nitrogen and oxygen atoms in total. The molecule has 29 aromatic rings. The number of para-hydroxylation sites is 3. The van der Waals surface area contributed by atoms with Gasteiger partial charge in [0.1, 0.15) is 44.7 Å². The molecule has 676 valence electrons. The number of anilines is 9. The Morgan fingerprint density at radius 1 is 0.153 bits per heavy atom. The second-order valence-corrected chi connectivity index (χ2v) is 38.4. The second-order valence-electron chi connectivity index (χ2n) is 38.4. The summed E-state index contributed by atoms with van der Waals surface area (Å²) in [5, 5.41) is 28.7. The summed E-state index contributed by atoms with van der Waals surface area (Å²) in [5.41, 5.74) is 29.6. The Kier molecular flexibility index (Phi) is 19.6. The fourth-order valence-corrected chi connectivity index (χ4v) is 23.0. The lowest BCUT2D eigenvalue weighted by Gasteiger charge is -2.28. The summed E-state index contributed by atoms with van der Waals surface area (Å²) in [6.45, 7) is 4.68. The summed E-state index contributed by atoms with van der Waals surface area (Å²) < 4.78 is 25.6. The van der Waals surface area contributed by atoms with Crippen molar-refractivity contribution in [2.24, 2.45) is 0 Å². The van der Waals surface area contributed by atoms with E-state index in [-0.39, 0.29) is 5.41 Å². The van der Waals surface area contributed by atoms with E-state index in [0.717, 1.165) is 139 Å². The van der Waals surface area contributed by atoms with Crippen LogP contribution in [0.3, 0.4) is 0 Å². The van der Waals surface area contributed by atoms with Gasteiger partial charge in [-0.15, -0.1) is 0 Å². The van der Waals surface area contributed by atoms with E-state index in [1.54, 1.807) is 0 Å². The lowest BCUT2D eigenvalue weighted by Crippen LogP contribution is -2.16. The number of nitrogens with zero attached hydrogens (tertiary/aromatic N) is 3. The number of hydrogen-bond donors (Lipinski definition) is 0. The van der Waals surface area contributed by atoms with E-state index >= 15 is 0 Å². The van der Waals surface area contributed by atoms with E-state index in [1.807, 2.05) is 12.1 Å². The van der Waals surface area contributed by atoms with Crippen molar-refractivity contribution in [3.8, 4) is 44.5 Å². The molecule has 4 heterocycles. The molecular weight excluding hydrogens is 1750 g/mol. The van der Waals surface area contributed by atoms with Crippen LogP contribution in [-0.4, -0.2) is 0 Å². The molecule has 0 radical (unpaired) electrons. The maximum atomic E-state index is 6.55. The van der Waals surface area contributed by atoms with Crippen molar-refractivity contribution >= 4 is 225 Å². The van der Waals surface area contributed by atoms with Gasteiger partial charge >= 0.3 is 0 Å². The van der Waals surface area contributed by atoms with E-state index in [9.17, 15) is 0 Å². The zero-order valence-electron chi connectivity index (χ0n) is 78.9. The third-order valence-electron chi connectivity index (χ3n) is 29.9. The topological polar surface area (TPSA) is 62.3 Å². The van der Waals surface area contributed by atoms with Crippen molar-refractivity contribution in [2.75, 3.05) is 14.7 Å². The molecule has 0 unspecified atom stereocenters. The molecule has 0 fully saturated rings. The van der Waals surface area contributed by atoms with Gasteiger partial charge in [-0.25, -0.2) is 0 Å². The van der Waals surface area contributed by atoms with Gasteiger partial charge in [0.05, 0.1) is 5.69 Å². The average Bonchev–Trinajstić information content (AvgIpc) is 1.11. The maximum Gasteiger partial charge on any atom is 0.136 e. The first-order valence-electron chi connectivity index (χ1n) is 49.4. The molecule has 0 atom stereocenters. The predicted octanol–water partition coefficient (Wildman–Crippen LogP) is 39.6. The van der Waals surface area contributed by atoms with Crippen LogP contribution >= 0.6 is 0 Å². The second kappa shape index (κ2) is 33.8. The van der Waals surface area contributed by atoms with Crippen LogP contribution in [0.25, 0.3) is 218 Å². The molecule has 1 aliphatic carbocycles. The van der Waals surface area contributed by atoms with Gasteiger partial charge < -0.3 is 32.4 Å². The highest BCUT2D eigenvalue weighted by Gasteiger charge is 2.36. The highest BCUT2D eigenvalue weighted by Crippen LogP contribution is 2.54. The van der Waals surface area contributed by atoms with Crippen molar-refractivity contribution in [1.82, 2.24) is 0 Å². The van der Waals surface area contributed by atoms with Gasteiger partial charge in [-0.2, -0.15) is 0 Å². The van der Waals surface area contributed by atoms with Crippen molar-refractivity contribution in [1.29, 1.82) is 0 Å². The van der Waals surface area contributed by atoms with Gasteiger partial charge in [0.15, 0.2) is 0 Å². The van der Waals surface area contributed by atoms with E-state index in [2.05, 4.69) is 520 Å². The first kappa shape index (κ1) is 83.4. The van der Waals surface area contributed by atoms with E-state index < -0.39 is 0 Å². The molecule has 0 spiro atoms. The zero-order valence-corrected chi connectivity index (χ0v) is 78.9. The van der Waals surface area contributed by atoms with E-state index in [0.29, 0.717) is 0 Å². The first-order valence-corrected chi connectivity index (χ1v) is 49.4. The van der Waals surface area contributed by atoms with Gasteiger partial charge in [0, 0.05) is 116 Å². The molecule has 0 amide bonds. The summed E-state index contributed by atoms with van der Waals surface area (Å²) in [5.74, 6) is 0. The SMILES string of the molecule is CC1(C)c2ccccc2-c2ccc(N(c3ccccc3)c3ccc(-c4ccc5oc6ccc7ccc8ccccc8c7c6c5c4)cc3)cc21.c1ccc(-c2ccc(N(c3ccccc3)c3cccc(-c4ccc5oc6ccc7ccc8ccccc8c7c6c5c4)c3)cc2)cc1.c1ccc2c(c1)cc(N(c1ccc3oc4ccccc4c3c1)c1ccc3oc4ccc5ccc6ccccc6c5c4c3c1)c1ccccc12. The molecule has 30 rings (SSSR count). The molecule has 4 aromatic heterocycles. The van der Waals surface area contributed by atoms with Crippen molar-refractivity contribution in [3.63, 3.8) is 0 Å². The van der Waals surface area contributed by atoms with Crippen molar-refractivity contribution < 1.29 is 17.7 Å². The Balaban J connectivity index is 0.000000105. The highest BCUT2D eigenvalue weighted by molar-refractivity contribution is 6.30. The van der Waals surface area contributed by atoms with E-state index in [1.165, 1.54) is 141 Å². The minimum atomic E-state index is -0.0678. The Labute approximate surface area is 830 Å². The van der Waals surface area contributed by atoms with Crippen LogP contribution in [0, 0.1) is 0 Å². The minimum Gasteiger partial charge on any atom is -0.456 e. The van der Waals surface area contributed by atoms with Gasteiger partial charge in [0.25, 0.3) is 0 Å². The van der Waals surface area contributed by atoms with Crippen LogP contribution in [0.15, 0.2) is 521 Å². The van der Waals surface area contributed by atoms with Gasteiger partial charge in [-0.1, -0.05) is 354 Å². The molecule has 0 saturated carbocycles. The fraction of sp³-hybridized carbons (Fsp3) is 0.0219. The Morgan fingerprint density at radius 3 is 1.02 bits per heavy atom. The standard InChI is InChI=1S/C47H33NO.C46H27NO2.C44H29NO/c1-47(2)41-15-9-8-14-38(41)39-25-24-36(29-42(39)47)48(34-11-4-3-5-12-34)35-22-18-30(19-23-35)33-21-26-43-40(28-33)46-44(49-43)27-20-32-17-16-31-10-6-7-13-37(31)45(32)46;1-4-12-34-28(9-1)17-18-29-19-22-44-46(45(29)34)39-27-32(21-24-43(39)49-44)47(31-20-23-42-38(26-31)37-15-7-8-16-41(37)48-42)40-25-30-10-2-3-11-33(30)35-13-5-6-14-36(35)40;1-3-10-30(11-4-1)31-20-24-37(25-21-31)45(36-14-5-2-6-15-36)38-16-9-13-34(28-38)35-23-26-41-40(29-35)44-42(46-41)27-22-33-19-18-32-12-7-8-17-39(32)43(33)44/h3-29H,1-2H3;1-27H;1-29H. The summed E-state index contributed by atoms with van der Waals surface area (Å²) >= 11 is 0. The third-order valence-corrected chi connectivity index (χ3v) is 29.9.